The number of rotatable bonds is 3. The van der Waals surface area contributed by atoms with Crippen LogP contribution < -0.4 is 0 Å². The van der Waals surface area contributed by atoms with E-state index < -0.39 is 0 Å². The SMILES string of the molecule is CC(=O)c1ccc(O)c(CC(O)=C(C)C)c1. The molecule has 16 heavy (non-hydrogen) atoms. The van der Waals surface area contributed by atoms with Crippen LogP contribution in [-0.2, 0) is 6.42 Å². The molecule has 0 atom stereocenters. The van der Waals surface area contributed by atoms with Gasteiger partial charge >= 0.3 is 0 Å². The quantitative estimate of drug-likeness (QED) is 0.608. The summed E-state index contributed by atoms with van der Waals surface area (Å²) in [6.45, 7) is 5.05. The Balaban J connectivity index is 3.08. The van der Waals surface area contributed by atoms with Crippen molar-refractivity contribution in [1.29, 1.82) is 0 Å². The summed E-state index contributed by atoms with van der Waals surface area (Å²) in [6.07, 6.45) is 0.245. The van der Waals surface area contributed by atoms with E-state index in [9.17, 15) is 15.0 Å². The van der Waals surface area contributed by atoms with Gasteiger partial charge in [0.05, 0.1) is 5.76 Å². The molecule has 0 heterocycles. The second kappa shape index (κ2) is 4.84. The van der Waals surface area contributed by atoms with E-state index in [0.717, 1.165) is 5.57 Å². The van der Waals surface area contributed by atoms with E-state index in [1.165, 1.54) is 13.0 Å². The Morgan fingerprint density at radius 1 is 1.25 bits per heavy atom. The molecule has 86 valence electrons. The van der Waals surface area contributed by atoms with Gasteiger partial charge in [-0.05, 0) is 44.5 Å². The van der Waals surface area contributed by atoms with Crippen LogP contribution in [0.15, 0.2) is 29.5 Å². The molecule has 0 unspecified atom stereocenters. The number of Topliss-reactive ketones (excluding diaryl/α,β-unsaturated/α-hetero) is 1. The second-order valence-electron chi connectivity index (χ2n) is 4.02. The lowest BCUT2D eigenvalue weighted by molar-refractivity contribution is 0.101. The van der Waals surface area contributed by atoms with Crippen LogP contribution in [0.4, 0.5) is 0 Å². The van der Waals surface area contributed by atoms with Crippen molar-refractivity contribution in [2.24, 2.45) is 0 Å². The summed E-state index contributed by atoms with van der Waals surface area (Å²) < 4.78 is 0. The van der Waals surface area contributed by atoms with Gasteiger partial charge in [-0.15, -0.1) is 0 Å². The highest BCUT2D eigenvalue weighted by atomic mass is 16.3. The zero-order valence-corrected chi connectivity index (χ0v) is 9.74. The predicted octanol–water partition coefficient (Wildman–Crippen LogP) is 2.99. The Bertz CT molecular complexity index is 440. The number of aliphatic hydroxyl groups is 1. The zero-order valence-electron chi connectivity index (χ0n) is 9.74. The summed E-state index contributed by atoms with van der Waals surface area (Å²) in [4.78, 5) is 11.2. The molecule has 0 amide bonds. The second-order valence-corrected chi connectivity index (χ2v) is 4.02. The highest BCUT2D eigenvalue weighted by Gasteiger charge is 2.08. The number of carbonyl (C=O) groups is 1. The first-order chi connectivity index (χ1) is 7.41. The van der Waals surface area contributed by atoms with E-state index in [1.807, 2.05) is 0 Å². The molecule has 0 aliphatic rings. The molecule has 0 radical (unpaired) electrons. The Morgan fingerprint density at radius 2 is 1.88 bits per heavy atom. The molecule has 1 aromatic carbocycles. The van der Waals surface area contributed by atoms with Gasteiger partial charge in [-0.1, -0.05) is 0 Å². The van der Waals surface area contributed by atoms with Gasteiger partial charge in [-0.2, -0.15) is 0 Å². The van der Waals surface area contributed by atoms with E-state index in [-0.39, 0.29) is 23.7 Å². The lowest BCUT2D eigenvalue weighted by Crippen LogP contribution is -1.97. The molecule has 1 aromatic rings. The number of ketones is 1. The fourth-order valence-corrected chi connectivity index (χ4v) is 1.30. The minimum Gasteiger partial charge on any atom is -0.512 e. The van der Waals surface area contributed by atoms with Crippen LogP contribution in [0.5, 0.6) is 5.75 Å². The van der Waals surface area contributed by atoms with Crippen LogP contribution in [0, 0.1) is 0 Å². The number of hydrogen-bond acceptors (Lipinski definition) is 3. The van der Waals surface area contributed by atoms with Crippen LogP contribution in [0.3, 0.4) is 0 Å². The first-order valence-electron chi connectivity index (χ1n) is 5.10. The highest BCUT2D eigenvalue weighted by Crippen LogP contribution is 2.22. The molecule has 0 aliphatic carbocycles. The van der Waals surface area contributed by atoms with E-state index in [1.54, 1.807) is 26.0 Å². The monoisotopic (exact) mass is 220 g/mol. The minimum absolute atomic E-state index is 0.0575. The van der Waals surface area contributed by atoms with Crippen molar-refractivity contribution in [1.82, 2.24) is 0 Å². The summed E-state index contributed by atoms with van der Waals surface area (Å²) in [5, 5.41) is 19.2. The van der Waals surface area contributed by atoms with Crippen molar-refractivity contribution in [3.05, 3.63) is 40.7 Å². The number of phenolic OH excluding ortho intramolecular Hbond substituents is 1. The van der Waals surface area contributed by atoms with E-state index in [4.69, 9.17) is 0 Å². The maximum absolute atomic E-state index is 11.2. The molecule has 0 aromatic heterocycles. The van der Waals surface area contributed by atoms with Crippen LogP contribution in [0.1, 0.15) is 36.7 Å². The molecule has 0 aliphatic heterocycles. The predicted molar refractivity (Wildman–Crippen MR) is 62.8 cm³/mol. The Kier molecular flexibility index (Phi) is 3.72. The van der Waals surface area contributed by atoms with E-state index in [2.05, 4.69) is 0 Å². The lowest BCUT2D eigenvalue weighted by Gasteiger charge is -2.07. The number of aromatic hydroxyl groups is 1. The fraction of sp³-hybridized carbons (Fsp3) is 0.308. The number of hydrogen-bond donors (Lipinski definition) is 2. The first kappa shape index (κ1) is 12.3. The molecular weight excluding hydrogens is 204 g/mol. The number of allylic oxidation sites excluding steroid dienone is 2. The number of benzene rings is 1. The van der Waals surface area contributed by atoms with Gasteiger partial charge in [0.1, 0.15) is 5.75 Å². The average Bonchev–Trinajstić information content (AvgIpc) is 2.20. The molecule has 0 fully saturated rings. The fourth-order valence-electron chi connectivity index (χ4n) is 1.30. The average molecular weight is 220 g/mol. The summed E-state index contributed by atoms with van der Waals surface area (Å²) in [5.41, 5.74) is 1.90. The van der Waals surface area contributed by atoms with Crippen LogP contribution in [0.25, 0.3) is 0 Å². The first-order valence-corrected chi connectivity index (χ1v) is 5.10. The third kappa shape index (κ3) is 2.86. The highest BCUT2D eigenvalue weighted by molar-refractivity contribution is 5.94. The van der Waals surface area contributed by atoms with Crippen LogP contribution >= 0.6 is 0 Å². The molecule has 0 saturated carbocycles. The lowest BCUT2D eigenvalue weighted by atomic mass is 10.0. The molecule has 0 saturated heterocycles. The molecular formula is C13H16O3. The van der Waals surface area contributed by atoms with Crippen molar-refractivity contribution in [2.45, 2.75) is 27.2 Å². The maximum Gasteiger partial charge on any atom is 0.159 e. The standard InChI is InChI=1S/C13H16O3/c1-8(2)13(16)7-11-6-10(9(3)14)4-5-12(11)15/h4-6,15-16H,7H2,1-3H3. The van der Waals surface area contributed by atoms with Gasteiger partial charge < -0.3 is 10.2 Å². The van der Waals surface area contributed by atoms with Gasteiger partial charge in [0, 0.05) is 17.5 Å². The number of aliphatic hydroxyl groups excluding tert-OH is 1. The van der Waals surface area contributed by atoms with Crippen LogP contribution in [-0.4, -0.2) is 16.0 Å². The van der Waals surface area contributed by atoms with Crippen molar-refractivity contribution in [3.8, 4) is 5.75 Å². The Labute approximate surface area is 95.0 Å². The van der Waals surface area contributed by atoms with E-state index >= 15 is 0 Å². The van der Waals surface area contributed by atoms with Gasteiger partial charge in [-0.25, -0.2) is 0 Å². The number of carbonyl (C=O) groups excluding carboxylic acids is 1. The third-order valence-electron chi connectivity index (χ3n) is 2.42. The molecule has 2 N–H and O–H groups in total. The van der Waals surface area contributed by atoms with Gasteiger partial charge in [0.25, 0.3) is 0 Å². The minimum atomic E-state index is -0.0575. The molecule has 3 nitrogen and oxygen atoms in total. The molecule has 1 rings (SSSR count). The summed E-state index contributed by atoms with van der Waals surface area (Å²) in [7, 11) is 0. The van der Waals surface area contributed by atoms with E-state index in [0.29, 0.717) is 11.1 Å². The summed E-state index contributed by atoms with van der Waals surface area (Å²) in [6, 6.07) is 4.65. The Morgan fingerprint density at radius 3 is 2.38 bits per heavy atom. The zero-order chi connectivity index (χ0) is 12.3. The summed E-state index contributed by atoms with van der Waals surface area (Å²) >= 11 is 0. The smallest absolute Gasteiger partial charge is 0.159 e. The molecule has 0 spiro atoms. The largest absolute Gasteiger partial charge is 0.512 e. The Hall–Kier alpha value is -1.77. The number of phenols is 1. The van der Waals surface area contributed by atoms with Crippen molar-refractivity contribution >= 4 is 5.78 Å². The third-order valence-corrected chi connectivity index (χ3v) is 2.42. The van der Waals surface area contributed by atoms with Gasteiger partial charge in [0.15, 0.2) is 5.78 Å². The van der Waals surface area contributed by atoms with Gasteiger partial charge in [-0.3, -0.25) is 4.79 Å². The van der Waals surface area contributed by atoms with Crippen molar-refractivity contribution in [2.75, 3.05) is 0 Å². The molecule has 3 heteroatoms. The normalized spacial score (nSPS) is 9.94. The maximum atomic E-state index is 11.2. The van der Waals surface area contributed by atoms with Crippen LogP contribution in [0.2, 0.25) is 0 Å². The van der Waals surface area contributed by atoms with Crippen molar-refractivity contribution in [3.63, 3.8) is 0 Å². The topological polar surface area (TPSA) is 57.5 Å². The van der Waals surface area contributed by atoms with Crippen molar-refractivity contribution < 1.29 is 15.0 Å². The molecule has 0 bridgehead atoms. The van der Waals surface area contributed by atoms with Gasteiger partial charge in [0.2, 0.25) is 0 Å². The summed E-state index contributed by atoms with van der Waals surface area (Å²) in [5.74, 6) is 0.256.